The molecule has 0 saturated carbocycles. The van der Waals surface area contributed by atoms with Gasteiger partial charge in [-0.05, 0) is 25.3 Å². The summed E-state index contributed by atoms with van der Waals surface area (Å²) in [7, 11) is -1.31. The molecule has 1 aromatic carbocycles. The Morgan fingerprint density at radius 2 is 1.97 bits per heavy atom. The number of aliphatic imine (C=N–C) groups is 1. The van der Waals surface area contributed by atoms with Crippen LogP contribution in [0.1, 0.15) is 37.9 Å². The van der Waals surface area contributed by atoms with E-state index in [1.54, 1.807) is 7.05 Å². The monoisotopic (exact) mass is 424 g/mol. The van der Waals surface area contributed by atoms with Crippen molar-refractivity contribution in [2.45, 2.75) is 38.3 Å². The maximum Gasteiger partial charge on any atom is 0.222 e. The highest BCUT2D eigenvalue weighted by Gasteiger charge is 2.28. The Kier molecular flexibility index (Phi) is 9.40. The van der Waals surface area contributed by atoms with Crippen molar-refractivity contribution in [3.8, 4) is 0 Å². The molecule has 1 heterocycles. The number of carbonyl (C=O) groups excluding carboxylic acids is 1. The largest absolute Gasteiger partial charge is 0.374 e. The lowest BCUT2D eigenvalue weighted by atomic mass is 10.1. The van der Waals surface area contributed by atoms with E-state index in [1.807, 2.05) is 25.1 Å². The molecule has 2 unspecified atom stereocenters. The minimum atomic E-state index is -2.99. The fourth-order valence-electron chi connectivity index (χ4n) is 3.08. The first kappa shape index (κ1) is 23.2. The van der Waals surface area contributed by atoms with Crippen LogP contribution in [0.25, 0.3) is 0 Å². The van der Waals surface area contributed by atoms with Gasteiger partial charge in [0.15, 0.2) is 15.8 Å². The average Bonchev–Trinajstić information content (AvgIpc) is 3.04. The van der Waals surface area contributed by atoms with E-state index in [0.29, 0.717) is 32.1 Å². The summed E-state index contributed by atoms with van der Waals surface area (Å²) in [6.07, 6.45) is 1.64. The molecule has 1 aromatic rings. The Labute approximate surface area is 173 Å². The summed E-state index contributed by atoms with van der Waals surface area (Å²) in [5.74, 6) is 0.664. The first-order chi connectivity index (χ1) is 13.9. The number of nitrogens with one attached hydrogen (secondary N) is 3. The normalized spacial score (nSPS) is 19.5. The fourth-order valence-corrected chi connectivity index (χ4v) is 4.76. The van der Waals surface area contributed by atoms with Crippen molar-refractivity contribution < 1.29 is 17.9 Å². The highest BCUT2D eigenvalue weighted by Crippen LogP contribution is 2.15. The van der Waals surface area contributed by atoms with E-state index in [4.69, 9.17) is 4.74 Å². The van der Waals surface area contributed by atoms with Crippen molar-refractivity contribution in [1.82, 2.24) is 16.0 Å². The number of hydrogen-bond donors (Lipinski definition) is 3. The van der Waals surface area contributed by atoms with Crippen LogP contribution >= 0.6 is 0 Å². The van der Waals surface area contributed by atoms with Gasteiger partial charge in [-0.25, -0.2) is 8.42 Å². The van der Waals surface area contributed by atoms with Crippen LogP contribution in [0.3, 0.4) is 0 Å². The Morgan fingerprint density at radius 3 is 2.62 bits per heavy atom. The summed E-state index contributed by atoms with van der Waals surface area (Å²) >= 11 is 0. The molecule has 2 rings (SSSR count). The molecule has 0 aromatic heterocycles. The van der Waals surface area contributed by atoms with Crippen molar-refractivity contribution in [1.29, 1.82) is 0 Å². The minimum absolute atomic E-state index is 0.0420. The molecule has 0 bridgehead atoms. The quantitative estimate of drug-likeness (QED) is 0.294. The van der Waals surface area contributed by atoms with Crippen LogP contribution in [-0.4, -0.2) is 64.6 Å². The van der Waals surface area contributed by atoms with Crippen LogP contribution in [0, 0.1) is 0 Å². The number of guanidine groups is 1. The van der Waals surface area contributed by atoms with E-state index < -0.39 is 9.84 Å². The number of rotatable bonds is 10. The molecule has 1 aliphatic heterocycles. The van der Waals surface area contributed by atoms with Gasteiger partial charge in [-0.15, -0.1) is 0 Å². The van der Waals surface area contributed by atoms with E-state index in [-0.39, 0.29) is 36.0 Å². The molecule has 0 aliphatic carbocycles. The molecule has 3 N–H and O–H groups in total. The Balaban J connectivity index is 1.54. The lowest BCUT2D eigenvalue weighted by molar-refractivity contribution is -0.121. The number of carbonyl (C=O) groups is 1. The smallest absolute Gasteiger partial charge is 0.222 e. The maximum atomic E-state index is 11.9. The van der Waals surface area contributed by atoms with Gasteiger partial charge in [0.05, 0.1) is 17.6 Å². The number of ether oxygens (including phenoxy) is 1. The zero-order chi connectivity index (χ0) is 21.1. The summed E-state index contributed by atoms with van der Waals surface area (Å²) < 4.78 is 28.7. The second kappa shape index (κ2) is 11.8. The lowest BCUT2D eigenvalue weighted by Gasteiger charge is -2.15. The highest BCUT2D eigenvalue weighted by atomic mass is 32.2. The zero-order valence-electron chi connectivity index (χ0n) is 17.2. The summed E-state index contributed by atoms with van der Waals surface area (Å²) in [5, 5.41) is 9.05. The number of hydrogen-bond acceptors (Lipinski definition) is 5. The minimum Gasteiger partial charge on any atom is -0.374 e. The predicted octanol–water partition coefficient (Wildman–Crippen LogP) is 1.01. The van der Waals surface area contributed by atoms with Gasteiger partial charge in [0, 0.05) is 39.2 Å². The van der Waals surface area contributed by atoms with Gasteiger partial charge in [-0.1, -0.05) is 30.3 Å². The number of sulfone groups is 1. The second-order valence-corrected chi connectivity index (χ2v) is 9.35. The van der Waals surface area contributed by atoms with Crippen LogP contribution in [0.15, 0.2) is 35.3 Å². The van der Waals surface area contributed by atoms with Crippen molar-refractivity contribution in [2.24, 2.45) is 4.99 Å². The third-order valence-electron chi connectivity index (χ3n) is 4.72. The van der Waals surface area contributed by atoms with Crippen LogP contribution in [-0.2, 0) is 19.4 Å². The molecule has 8 nitrogen and oxygen atoms in total. The molecular formula is C20H32N4O4S. The highest BCUT2D eigenvalue weighted by molar-refractivity contribution is 7.91. The Bertz CT molecular complexity index is 768. The van der Waals surface area contributed by atoms with Crippen LogP contribution < -0.4 is 16.0 Å². The molecule has 29 heavy (non-hydrogen) atoms. The molecule has 0 spiro atoms. The lowest BCUT2D eigenvalue weighted by Crippen LogP contribution is -2.41. The van der Waals surface area contributed by atoms with Crippen molar-refractivity contribution in [3.05, 3.63) is 35.9 Å². The third-order valence-corrected chi connectivity index (χ3v) is 6.48. The standard InChI is InChI=1S/C20H32N4O4S/c1-16(17-7-4-3-5-8-17)28-13-6-11-22-20(21-2)23-12-9-19(25)24-18-10-14-29(26,27)15-18/h3-5,7-8,16,18H,6,9-15H2,1-2H3,(H,24,25)(H2,21,22,23). The molecule has 9 heteroatoms. The molecule has 1 saturated heterocycles. The summed E-state index contributed by atoms with van der Waals surface area (Å²) in [6.45, 7) is 3.79. The van der Waals surface area contributed by atoms with Crippen LogP contribution in [0.4, 0.5) is 0 Å². The van der Waals surface area contributed by atoms with E-state index >= 15 is 0 Å². The molecule has 1 amide bonds. The van der Waals surface area contributed by atoms with Gasteiger partial charge in [-0.3, -0.25) is 9.79 Å². The zero-order valence-corrected chi connectivity index (χ0v) is 18.0. The molecule has 0 radical (unpaired) electrons. The fraction of sp³-hybridized carbons (Fsp3) is 0.600. The van der Waals surface area contributed by atoms with Crippen LogP contribution in [0.5, 0.6) is 0 Å². The van der Waals surface area contributed by atoms with Gasteiger partial charge in [0.2, 0.25) is 5.91 Å². The number of amides is 1. The van der Waals surface area contributed by atoms with Crippen molar-refractivity contribution in [3.63, 3.8) is 0 Å². The molecule has 1 aliphatic rings. The molecule has 1 fully saturated rings. The van der Waals surface area contributed by atoms with Gasteiger partial charge in [0.1, 0.15) is 0 Å². The van der Waals surface area contributed by atoms with Gasteiger partial charge < -0.3 is 20.7 Å². The van der Waals surface area contributed by atoms with Gasteiger partial charge >= 0.3 is 0 Å². The van der Waals surface area contributed by atoms with E-state index in [0.717, 1.165) is 12.0 Å². The summed E-state index contributed by atoms with van der Waals surface area (Å²) in [5.41, 5.74) is 1.16. The van der Waals surface area contributed by atoms with E-state index in [9.17, 15) is 13.2 Å². The summed E-state index contributed by atoms with van der Waals surface area (Å²) in [4.78, 5) is 16.1. The van der Waals surface area contributed by atoms with E-state index in [1.165, 1.54) is 0 Å². The van der Waals surface area contributed by atoms with Crippen molar-refractivity contribution >= 4 is 21.7 Å². The number of nitrogens with zero attached hydrogens (tertiary/aromatic N) is 1. The second-order valence-electron chi connectivity index (χ2n) is 7.12. The maximum absolute atomic E-state index is 11.9. The average molecular weight is 425 g/mol. The van der Waals surface area contributed by atoms with Gasteiger partial charge in [-0.2, -0.15) is 0 Å². The first-order valence-corrected chi connectivity index (χ1v) is 11.8. The number of benzene rings is 1. The Morgan fingerprint density at radius 1 is 1.24 bits per heavy atom. The van der Waals surface area contributed by atoms with Gasteiger partial charge in [0.25, 0.3) is 0 Å². The molecule has 162 valence electrons. The first-order valence-electron chi connectivity index (χ1n) is 10.0. The summed E-state index contributed by atoms with van der Waals surface area (Å²) in [6, 6.07) is 9.84. The Hall–Kier alpha value is -2.13. The van der Waals surface area contributed by atoms with Crippen molar-refractivity contribution in [2.75, 3.05) is 38.2 Å². The van der Waals surface area contributed by atoms with E-state index in [2.05, 4.69) is 33.1 Å². The predicted molar refractivity (Wildman–Crippen MR) is 115 cm³/mol. The molecule has 2 atom stereocenters. The van der Waals surface area contributed by atoms with Crippen LogP contribution in [0.2, 0.25) is 0 Å². The topological polar surface area (TPSA) is 109 Å². The SMILES string of the molecule is CN=C(NCCCOC(C)c1ccccc1)NCCC(=O)NC1CCS(=O)(=O)C1. The molecular weight excluding hydrogens is 392 g/mol. The third kappa shape index (κ3) is 8.82.